The van der Waals surface area contributed by atoms with Crippen molar-refractivity contribution in [3.63, 3.8) is 0 Å². The molecular weight excluding hydrogens is 600 g/mol. The average Bonchev–Trinajstić information content (AvgIpc) is 3.10. The molecule has 1 aromatic heterocycles. The highest BCUT2D eigenvalue weighted by Gasteiger charge is 2.63. The molecule has 2 aromatic rings. The van der Waals surface area contributed by atoms with Crippen LogP contribution >= 0.6 is 11.6 Å². The van der Waals surface area contributed by atoms with Crippen molar-refractivity contribution < 1.29 is 27.2 Å². The quantitative estimate of drug-likeness (QED) is 0.230. The third kappa shape index (κ3) is 7.21. The highest BCUT2D eigenvalue weighted by atomic mass is 35.5. The van der Waals surface area contributed by atoms with E-state index in [2.05, 4.69) is 31.1 Å². The van der Waals surface area contributed by atoms with Gasteiger partial charge >= 0.3 is 11.6 Å². The zero-order chi connectivity index (χ0) is 31.9. The molecule has 42 heavy (non-hydrogen) atoms. The number of aromatic nitrogens is 2. The van der Waals surface area contributed by atoms with Crippen LogP contribution in [0.5, 0.6) is 0 Å². The van der Waals surface area contributed by atoms with Crippen LogP contribution in [0.25, 0.3) is 0 Å². The summed E-state index contributed by atoms with van der Waals surface area (Å²) in [4.78, 5) is 29.8. The van der Waals surface area contributed by atoms with E-state index in [9.17, 15) is 9.59 Å². The van der Waals surface area contributed by atoms with Crippen LogP contribution in [0.15, 0.2) is 41.3 Å². The third-order valence-corrected chi connectivity index (χ3v) is 18.0. The minimum Gasteiger partial charge on any atom is -0.414 e. The van der Waals surface area contributed by atoms with Crippen LogP contribution in [0.4, 0.5) is 14.6 Å². The van der Waals surface area contributed by atoms with Gasteiger partial charge in [-0.3, -0.25) is 4.79 Å². The number of rotatable bonds is 9. The van der Waals surface area contributed by atoms with Gasteiger partial charge in [0.1, 0.15) is 18.0 Å². The molecule has 1 aliphatic rings. The predicted octanol–water partition coefficient (Wildman–Crippen LogP) is 7.18. The molecule has 13 heteroatoms. The molecule has 3 atom stereocenters. The van der Waals surface area contributed by atoms with Gasteiger partial charge in [0.25, 0.3) is 5.91 Å². The smallest absolute Gasteiger partial charge is 0.351 e. The second-order valence-corrected chi connectivity index (χ2v) is 23.7. The van der Waals surface area contributed by atoms with Crippen molar-refractivity contribution >= 4 is 40.0 Å². The Labute approximate surface area is 254 Å². The fourth-order valence-electron chi connectivity index (χ4n) is 3.91. The largest absolute Gasteiger partial charge is 0.414 e. The number of alkyl halides is 3. The number of anilines is 1. The summed E-state index contributed by atoms with van der Waals surface area (Å²) in [6.45, 7) is 19.8. The maximum absolute atomic E-state index is 16.5. The Hall–Kier alpha value is -1.97. The first-order valence-corrected chi connectivity index (χ1v) is 20.4. The summed E-state index contributed by atoms with van der Waals surface area (Å²) in [7, 11) is -5.08. The first-order chi connectivity index (χ1) is 19.1. The van der Waals surface area contributed by atoms with Gasteiger partial charge < -0.3 is 18.9 Å². The number of nitrogens with zero attached hydrogens (tertiary/aromatic N) is 2. The lowest BCUT2D eigenvalue weighted by Gasteiger charge is -2.41. The van der Waals surface area contributed by atoms with E-state index < -0.39 is 52.6 Å². The number of nitrogens with one attached hydrogen (secondary N) is 1. The summed E-state index contributed by atoms with van der Waals surface area (Å²) in [5, 5.41) is 2.05. The first kappa shape index (κ1) is 34.5. The first-order valence-electron chi connectivity index (χ1n) is 14.0. The molecule has 0 spiro atoms. The van der Waals surface area contributed by atoms with E-state index in [0.29, 0.717) is 4.57 Å². The van der Waals surface area contributed by atoms with Gasteiger partial charge in [-0.05, 0) is 60.0 Å². The van der Waals surface area contributed by atoms with Gasteiger partial charge in [-0.25, -0.2) is 14.3 Å². The summed E-state index contributed by atoms with van der Waals surface area (Å²) >= 11 is 5.84. The summed E-state index contributed by atoms with van der Waals surface area (Å²) in [6, 6.07) is 7.79. The van der Waals surface area contributed by atoms with E-state index in [1.165, 1.54) is 6.07 Å². The van der Waals surface area contributed by atoms with Gasteiger partial charge in [0.2, 0.25) is 6.23 Å². The van der Waals surface area contributed by atoms with Crippen LogP contribution in [-0.2, 0) is 19.5 Å². The Morgan fingerprint density at radius 1 is 1.05 bits per heavy atom. The lowest BCUT2D eigenvalue weighted by molar-refractivity contribution is -0.137. The van der Waals surface area contributed by atoms with Crippen LogP contribution in [0.1, 0.15) is 63.7 Å². The van der Waals surface area contributed by atoms with Gasteiger partial charge in [0.15, 0.2) is 16.6 Å². The maximum Gasteiger partial charge on any atom is 0.351 e. The number of amides is 1. The monoisotopic (exact) mass is 643 g/mol. The highest BCUT2D eigenvalue weighted by molar-refractivity contribution is 6.74. The Balaban J connectivity index is 2.03. The fourth-order valence-corrected chi connectivity index (χ4v) is 6.40. The summed E-state index contributed by atoms with van der Waals surface area (Å²) in [5.74, 6) is -4.16. The molecule has 1 saturated heterocycles. The van der Waals surface area contributed by atoms with Gasteiger partial charge in [-0.2, -0.15) is 8.78 Å². The van der Waals surface area contributed by atoms with Gasteiger partial charge in [-0.15, -0.1) is 11.6 Å². The number of ether oxygens (including phenoxy) is 1. The SMILES string of the molecule is CC(C)(C)[Si](C)(C)OC[C@H]1O[C@@H](n2c(NC(=O)c3ccc(CCl)cc3)ccnc2=O)C(F)(F)[C@@H]1O[Si](C)(C)C(C)(C)C. The van der Waals surface area contributed by atoms with E-state index >= 15 is 8.78 Å². The minimum absolute atomic E-state index is 0.133. The molecule has 1 aliphatic heterocycles. The zero-order valence-electron chi connectivity index (χ0n) is 26.2. The van der Waals surface area contributed by atoms with Crippen LogP contribution in [-0.4, -0.2) is 56.8 Å². The number of carbonyl (C=O) groups is 1. The van der Waals surface area contributed by atoms with Crippen molar-refractivity contribution in [1.29, 1.82) is 0 Å². The average molecular weight is 644 g/mol. The normalized spacial score (nSPS) is 21.4. The lowest BCUT2D eigenvalue weighted by atomic mass is 10.1. The Morgan fingerprint density at radius 3 is 2.14 bits per heavy atom. The summed E-state index contributed by atoms with van der Waals surface area (Å²) in [6.07, 6.45) is -3.80. The number of halogens is 3. The van der Waals surface area contributed by atoms with Gasteiger partial charge in [0.05, 0.1) is 6.61 Å². The van der Waals surface area contributed by atoms with Crippen molar-refractivity contribution in [1.82, 2.24) is 9.55 Å². The molecule has 0 bridgehead atoms. The number of hydrogen-bond donors (Lipinski definition) is 1. The third-order valence-electron chi connectivity index (χ3n) is 8.72. The lowest BCUT2D eigenvalue weighted by Crippen LogP contribution is -2.53. The maximum atomic E-state index is 16.5. The molecule has 1 fully saturated rings. The number of carbonyl (C=O) groups excluding carboxylic acids is 1. The Morgan fingerprint density at radius 2 is 1.62 bits per heavy atom. The zero-order valence-corrected chi connectivity index (χ0v) is 28.9. The fraction of sp³-hybridized carbons (Fsp3) is 0.621. The second-order valence-electron chi connectivity index (χ2n) is 13.8. The molecule has 2 heterocycles. The van der Waals surface area contributed by atoms with Crippen molar-refractivity contribution in [2.75, 3.05) is 11.9 Å². The van der Waals surface area contributed by atoms with Crippen LogP contribution < -0.4 is 11.0 Å². The molecule has 0 saturated carbocycles. The van der Waals surface area contributed by atoms with E-state index in [0.717, 1.165) is 11.8 Å². The predicted molar refractivity (Wildman–Crippen MR) is 167 cm³/mol. The van der Waals surface area contributed by atoms with Crippen molar-refractivity contribution in [3.8, 4) is 0 Å². The van der Waals surface area contributed by atoms with E-state index in [4.69, 9.17) is 25.2 Å². The van der Waals surface area contributed by atoms with Crippen molar-refractivity contribution in [2.45, 2.75) is 108 Å². The topological polar surface area (TPSA) is 91.7 Å². The van der Waals surface area contributed by atoms with E-state index in [1.54, 1.807) is 24.3 Å². The van der Waals surface area contributed by atoms with Gasteiger partial charge in [-0.1, -0.05) is 53.7 Å². The second kappa shape index (κ2) is 12.2. The summed E-state index contributed by atoms with van der Waals surface area (Å²) in [5.41, 5.74) is 0.0809. The van der Waals surface area contributed by atoms with Crippen LogP contribution in [0.2, 0.25) is 36.3 Å². The molecular formula is C29H44ClF2N3O5Si2. The van der Waals surface area contributed by atoms with Crippen LogP contribution in [0.3, 0.4) is 0 Å². The highest BCUT2D eigenvalue weighted by Crippen LogP contribution is 2.49. The number of hydrogen-bond acceptors (Lipinski definition) is 6. The van der Waals surface area contributed by atoms with Crippen molar-refractivity contribution in [3.05, 3.63) is 58.1 Å². The van der Waals surface area contributed by atoms with E-state index in [-0.39, 0.29) is 33.9 Å². The molecule has 3 rings (SSSR count). The molecule has 1 aromatic carbocycles. The van der Waals surface area contributed by atoms with E-state index in [1.807, 2.05) is 47.0 Å². The standard InChI is InChI=1S/C29H44ClF2N3O5Si2/c1-27(2,3)41(7,8)38-18-21-23(40-42(9,10)28(4,5)6)29(31,32)25(39-21)35-22(15-16-33-26(35)37)34-24(36)20-13-11-19(17-30)12-14-20/h11-16,21,23,25H,17-18H2,1-10H3,(H,34,36)/t21-,23-,25-/m1/s1. The summed E-state index contributed by atoms with van der Waals surface area (Å²) < 4.78 is 52.3. The molecule has 8 nitrogen and oxygen atoms in total. The van der Waals surface area contributed by atoms with Gasteiger partial charge in [0, 0.05) is 17.6 Å². The van der Waals surface area contributed by atoms with Crippen molar-refractivity contribution in [2.24, 2.45) is 0 Å². The molecule has 234 valence electrons. The molecule has 1 amide bonds. The minimum atomic E-state index is -3.66. The molecule has 0 unspecified atom stereocenters. The number of benzene rings is 1. The molecule has 0 aliphatic carbocycles. The Bertz CT molecular complexity index is 1320. The molecule has 1 N–H and O–H groups in total. The van der Waals surface area contributed by atoms with Crippen LogP contribution in [0, 0.1) is 0 Å². The molecule has 0 radical (unpaired) electrons. The Kier molecular flexibility index (Phi) is 10.0.